The fraction of sp³-hybridized carbons (Fsp3) is 0.231. The molecule has 2 rings (SSSR count). The van der Waals surface area contributed by atoms with Gasteiger partial charge in [-0.3, -0.25) is 0 Å². The molecule has 0 radical (unpaired) electrons. The minimum absolute atomic E-state index is 0.316. The highest BCUT2D eigenvalue weighted by atomic mass is 35.5. The van der Waals surface area contributed by atoms with Crippen molar-refractivity contribution < 1.29 is 4.39 Å². The second kappa shape index (κ2) is 6.17. The lowest BCUT2D eigenvalue weighted by Crippen LogP contribution is -2.00. The normalized spacial score (nSPS) is 10.5. The van der Waals surface area contributed by atoms with Crippen LogP contribution in [0.5, 0.6) is 0 Å². The van der Waals surface area contributed by atoms with E-state index in [-0.39, 0.29) is 0 Å². The molecular formula is C13H12Cl2FN3. The molecule has 1 aromatic carbocycles. The summed E-state index contributed by atoms with van der Waals surface area (Å²) in [5.41, 5.74) is 0.516. The first-order valence-corrected chi connectivity index (χ1v) is 6.59. The molecule has 0 atom stereocenters. The van der Waals surface area contributed by atoms with Crippen molar-refractivity contribution in [2.75, 3.05) is 5.32 Å². The number of anilines is 2. The zero-order chi connectivity index (χ0) is 13.8. The Morgan fingerprint density at radius 1 is 1.16 bits per heavy atom. The van der Waals surface area contributed by atoms with Gasteiger partial charge in [0.15, 0.2) is 0 Å². The van der Waals surface area contributed by atoms with Crippen LogP contribution < -0.4 is 5.32 Å². The predicted octanol–water partition coefficient (Wildman–Crippen LogP) is 4.62. The molecule has 6 heteroatoms. The summed E-state index contributed by atoms with van der Waals surface area (Å²) < 4.78 is 13.2. The molecule has 0 aliphatic rings. The second-order valence-corrected chi connectivity index (χ2v) is 4.85. The average Bonchev–Trinajstić information content (AvgIpc) is 2.26. The molecule has 0 saturated carbocycles. The quantitative estimate of drug-likeness (QED) is 0.837. The van der Waals surface area contributed by atoms with E-state index in [1.807, 2.05) is 6.92 Å². The van der Waals surface area contributed by atoms with Crippen molar-refractivity contribution in [3.05, 3.63) is 46.1 Å². The van der Waals surface area contributed by atoms with Gasteiger partial charge in [-0.15, -0.1) is 0 Å². The van der Waals surface area contributed by atoms with Gasteiger partial charge in [-0.2, -0.15) is 0 Å². The number of aromatic nitrogens is 2. The van der Waals surface area contributed by atoms with Crippen LogP contribution in [0.4, 0.5) is 15.9 Å². The Kier molecular flexibility index (Phi) is 4.56. The van der Waals surface area contributed by atoms with Crippen molar-refractivity contribution in [2.45, 2.75) is 19.8 Å². The van der Waals surface area contributed by atoms with Crippen LogP contribution in [0.3, 0.4) is 0 Å². The molecule has 2 aromatic rings. The Morgan fingerprint density at radius 2 is 1.95 bits per heavy atom. The third-order valence-corrected chi connectivity index (χ3v) is 2.76. The van der Waals surface area contributed by atoms with Gasteiger partial charge in [-0.1, -0.05) is 30.1 Å². The van der Waals surface area contributed by atoms with Gasteiger partial charge in [-0.05, 0) is 24.6 Å². The molecule has 1 heterocycles. The third-order valence-electron chi connectivity index (χ3n) is 2.35. The zero-order valence-corrected chi connectivity index (χ0v) is 11.8. The molecule has 0 amide bonds. The van der Waals surface area contributed by atoms with Gasteiger partial charge in [0, 0.05) is 23.2 Å². The van der Waals surface area contributed by atoms with Gasteiger partial charge in [0.1, 0.15) is 22.6 Å². The molecule has 0 bridgehead atoms. The summed E-state index contributed by atoms with van der Waals surface area (Å²) in [6.45, 7) is 2.03. The number of hydrogen-bond donors (Lipinski definition) is 1. The van der Waals surface area contributed by atoms with Crippen molar-refractivity contribution >= 4 is 34.7 Å². The maximum Gasteiger partial charge on any atom is 0.135 e. The first-order chi connectivity index (χ1) is 9.06. The molecule has 1 N–H and O–H groups in total. The Bertz CT molecular complexity index is 570. The van der Waals surface area contributed by atoms with E-state index in [2.05, 4.69) is 15.3 Å². The fourth-order valence-corrected chi connectivity index (χ4v) is 2.06. The molecule has 0 spiro atoms. The Balaban J connectivity index is 2.27. The number of halogens is 3. The van der Waals surface area contributed by atoms with Crippen molar-refractivity contribution in [3.63, 3.8) is 0 Å². The molecule has 0 aliphatic heterocycles. The van der Waals surface area contributed by atoms with Crippen LogP contribution in [0, 0.1) is 5.82 Å². The van der Waals surface area contributed by atoms with Crippen LogP contribution in [0.1, 0.15) is 19.2 Å². The van der Waals surface area contributed by atoms with E-state index in [0.29, 0.717) is 27.5 Å². The number of benzene rings is 1. The largest absolute Gasteiger partial charge is 0.340 e. The second-order valence-electron chi connectivity index (χ2n) is 4.03. The lowest BCUT2D eigenvalue weighted by atomic mass is 10.3. The number of nitrogens with one attached hydrogen (secondary N) is 1. The van der Waals surface area contributed by atoms with Crippen LogP contribution in [-0.2, 0) is 6.42 Å². The molecule has 1 aromatic heterocycles. The predicted molar refractivity (Wildman–Crippen MR) is 75.7 cm³/mol. The SMILES string of the molecule is CCCc1nc(Cl)cc(Nc2cc(F)cc(Cl)c2)n1. The fourth-order valence-electron chi connectivity index (χ4n) is 1.64. The highest BCUT2D eigenvalue weighted by Gasteiger charge is 2.05. The molecule has 0 fully saturated rings. The van der Waals surface area contributed by atoms with Gasteiger partial charge >= 0.3 is 0 Å². The first kappa shape index (κ1) is 14.0. The Morgan fingerprint density at radius 3 is 2.63 bits per heavy atom. The smallest absolute Gasteiger partial charge is 0.135 e. The summed E-state index contributed by atoms with van der Waals surface area (Å²) >= 11 is 11.7. The van der Waals surface area contributed by atoms with E-state index in [1.54, 1.807) is 12.1 Å². The molecule has 19 heavy (non-hydrogen) atoms. The zero-order valence-electron chi connectivity index (χ0n) is 10.3. The number of aryl methyl sites for hydroxylation is 1. The molecule has 0 saturated heterocycles. The average molecular weight is 300 g/mol. The number of hydrogen-bond acceptors (Lipinski definition) is 3. The first-order valence-electron chi connectivity index (χ1n) is 5.83. The van der Waals surface area contributed by atoms with E-state index >= 15 is 0 Å². The van der Waals surface area contributed by atoms with Gasteiger partial charge in [-0.25, -0.2) is 14.4 Å². The van der Waals surface area contributed by atoms with Crippen LogP contribution >= 0.6 is 23.2 Å². The number of nitrogens with zero attached hydrogens (tertiary/aromatic N) is 2. The Labute approximate surface area is 120 Å². The third kappa shape index (κ3) is 4.04. The van der Waals surface area contributed by atoms with E-state index in [4.69, 9.17) is 23.2 Å². The van der Waals surface area contributed by atoms with E-state index in [1.165, 1.54) is 12.1 Å². The van der Waals surface area contributed by atoms with Gasteiger partial charge < -0.3 is 5.32 Å². The van der Waals surface area contributed by atoms with Crippen molar-refractivity contribution in [1.29, 1.82) is 0 Å². The monoisotopic (exact) mass is 299 g/mol. The topological polar surface area (TPSA) is 37.8 Å². The number of rotatable bonds is 4. The van der Waals surface area contributed by atoms with Crippen LogP contribution in [0.25, 0.3) is 0 Å². The summed E-state index contributed by atoms with van der Waals surface area (Å²) in [4.78, 5) is 8.42. The maximum absolute atomic E-state index is 13.2. The van der Waals surface area contributed by atoms with Gasteiger partial charge in [0.25, 0.3) is 0 Å². The molecule has 0 unspecified atom stereocenters. The molecule has 100 valence electrons. The van der Waals surface area contributed by atoms with Crippen molar-refractivity contribution in [1.82, 2.24) is 9.97 Å². The summed E-state index contributed by atoms with van der Waals surface area (Å²) in [5.74, 6) is 0.758. The molecule has 0 aliphatic carbocycles. The van der Waals surface area contributed by atoms with Crippen LogP contribution in [-0.4, -0.2) is 9.97 Å². The highest BCUT2D eigenvalue weighted by Crippen LogP contribution is 2.22. The highest BCUT2D eigenvalue weighted by molar-refractivity contribution is 6.31. The molecule has 3 nitrogen and oxygen atoms in total. The summed E-state index contributed by atoms with van der Waals surface area (Å²) in [6.07, 6.45) is 1.66. The Hall–Kier alpha value is -1.39. The van der Waals surface area contributed by atoms with E-state index in [9.17, 15) is 4.39 Å². The summed E-state index contributed by atoms with van der Waals surface area (Å²) in [5, 5.41) is 3.63. The summed E-state index contributed by atoms with van der Waals surface area (Å²) in [7, 11) is 0. The lowest BCUT2D eigenvalue weighted by molar-refractivity contribution is 0.628. The minimum atomic E-state index is -0.413. The standard InChI is InChI=1S/C13H12Cl2FN3/c1-2-3-12-18-11(15)7-13(19-12)17-10-5-8(14)4-9(16)6-10/h4-7H,2-3H2,1H3,(H,17,18,19). The maximum atomic E-state index is 13.2. The van der Waals surface area contributed by atoms with Crippen molar-refractivity contribution in [3.8, 4) is 0 Å². The van der Waals surface area contributed by atoms with Gasteiger partial charge in [0.2, 0.25) is 0 Å². The minimum Gasteiger partial charge on any atom is -0.340 e. The summed E-state index contributed by atoms with van der Waals surface area (Å²) in [6, 6.07) is 5.77. The lowest BCUT2D eigenvalue weighted by Gasteiger charge is -2.08. The van der Waals surface area contributed by atoms with Crippen LogP contribution in [0.2, 0.25) is 10.2 Å². The van der Waals surface area contributed by atoms with Crippen LogP contribution in [0.15, 0.2) is 24.3 Å². The van der Waals surface area contributed by atoms with Crippen molar-refractivity contribution in [2.24, 2.45) is 0 Å². The van der Waals surface area contributed by atoms with E-state index < -0.39 is 5.82 Å². The van der Waals surface area contributed by atoms with Gasteiger partial charge in [0.05, 0.1) is 0 Å². The molecular weight excluding hydrogens is 288 g/mol. The van der Waals surface area contributed by atoms with E-state index in [0.717, 1.165) is 12.8 Å².